The van der Waals surface area contributed by atoms with Crippen molar-refractivity contribution in [2.75, 3.05) is 20.3 Å². The fourth-order valence-corrected chi connectivity index (χ4v) is 1.17. The fraction of sp³-hybridized carbons (Fsp3) is 0.455. The second-order valence-electron chi connectivity index (χ2n) is 3.50. The molecule has 0 aromatic heterocycles. The largest absolute Gasteiger partial charge is 0.318 e. The highest BCUT2D eigenvalue weighted by molar-refractivity contribution is 5.21. The number of hydrogen-bond acceptors (Lipinski definition) is 2. The Morgan fingerprint density at radius 3 is 2.38 bits per heavy atom. The lowest BCUT2D eigenvalue weighted by Gasteiger charge is -2.12. The number of rotatable bonds is 4. The molecule has 1 aromatic rings. The summed E-state index contributed by atoms with van der Waals surface area (Å²) in [6.45, 7) is 3.77. The van der Waals surface area contributed by atoms with E-state index in [2.05, 4.69) is 36.1 Å². The molecule has 2 N–H and O–H groups in total. The molecule has 0 aliphatic rings. The molecule has 13 heavy (non-hydrogen) atoms. The topological polar surface area (TPSA) is 29.3 Å². The molecule has 0 saturated heterocycles. The Kier molecular flexibility index (Phi) is 3.93. The molecule has 0 atom stereocenters. The van der Waals surface area contributed by atoms with Gasteiger partial charge in [0.15, 0.2) is 0 Å². The van der Waals surface area contributed by atoms with Crippen LogP contribution in [0.25, 0.3) is 0 Å². The Hall–Kier alpha value is -0.860. The third-order valence-electron chi connectivity index (χ3n) is 2.21. The van der Waals surface area contributed by atoms with Crippen molar-refractivity contribution < 1.29 is 0 Å². The summed E-state index contributed by atoms with van der Waals surface area (Å²) in [5.74, 6) is 0. The van der Waals surface area contributed by atoms with Crippen molar-refractivity contribution >= 4 is 0 Å². The van der Waals surface area contributed by atoms with E-state index in [-0.39, 0.29) is 0 Å². The first kappa shape index (κ1) is 10.2. The van der Waals surface area contributed by atoms with Crippen LogP contribution >= 0.6 is 0 Å². The van der Waals surface area contributed by atoms with Crippen molar-refractivity contribution in [1.29, 1.82) is 0 Å². The second-order valence-corrected chi connectivity index (χ2v) is 3.50. The average molecular weight is 178 g/mol. The second kappa shape index (κ2) is 5.00. The molecule has 2 heteroatoms. The quantitative estimate of drug-likeness (QED) is 0.706. The molecule has 0 fully saturated rings. The molecule has 1 rings (SSSR count). The molecule has 0 heterocycles. The van der Waals surface area contributed by atoms with Gasteiger partial charge in [-0.05, 0) is 26.0 Å². The van der Waals surface area contributed by atoms with Gasteiger partial charge in [-0.2, -0.15) is 0 Å². The van der Waals surface area contributed by atoms with Crippen LogP contribution in [0.5, 0.6) is 0 Å². The molecule has 0 spiro atoms. The molecule has 0 unspecified atom stereocenters. The standard InChI is InChI=1S/C11H18N2/c1-10-3-5-11(6-4-10)7-8-13(2)9-12/h3-6H,7-9,12H2,1-2H3. The predicted molar refractivity (Wildman–Crippen MR) is 56.6 cm³/mol. The van der Waals surface area contributed by atoms with Crippen LogP contribution in [0.4, 0.5) is 0 Å². The predicted octanol–water partition coefficient (Wildman–Crippen LogP) is 1.39. The van der Waals surface area contributed by atoms with Gasteiger partial charge in [-0.1, -0.05) is 29.8 Å². The van der Waals surface area contributed by atoms with Crippen LogP contribution in [-0.2, 0) is 6.42 Å². The first-order valence-corrected chi connectivity index (χ1v) is 4.66. The zero-order valence-electron chi connectivity index (χ0n) is 8.46. The van der Waals surface area contributed by atoms with Gasteiger partial charge in [0.25, 0.3) is 0 Å². The summed E-state index contributed by atoms with van der Waals surface area (Å²) in [6, 6.07) is 8.66. The van der Waals surface area contributed by atoms with Gasteiger partial charge >= 0.3 is 0 Å². The molecule has 0 aliphatic carbocycles. The van der Waals surface area contributed by atoms with Crippen molar-refractivity contribution in [3.05, 3.63) is 35.4 Å². The molecular formula is C11H18N2. The Labute approximate surface area is 80.4 Å². The molecule has 0 aliphatic heterocycles. The van der Waals surface area contributed by atoms with Gasteiger partial charge in [-0.25, -0.2) is 0 Å². The monoisotopic (exact) mass is 178 g/mol. The SMILES string of the molecule is Cc1ccc(CCN(C)CN)cc1. The highest BCUT2D eigenvalue weighted by Gasteiger charge is 1.96. The van der Waals surface area contributed by atoms with Crippen molar-refractivity contribution in [2.24, 2.45) is 5.73 Å². The third kappa shape index (κ3) is 3.57. The Morgan fingerprint density at radius 2 is 1.85 bits per heavy atom. The van der Waals surface area contributed by atoms with E-state index >= 15 is 0 Å². The van der Waals surface area contributed by atoms with Gasteiger partial charge in [0, 0.05) is 13.2 Å². The molecule has 0 radical (unpaired) electrons. The van der Waals surface area contributed by atoms with Crippen LogP contribution in [0.2, 0.25) is 0 Å². The summed E-state index contributed by atoms with van der Waals surface area (Å²) in [5, 5.41) is 0. The number of hydrogen-bond donors (Lipinski definition) is 1. The van der Waals surface area contributed by atoms with E-state index < -0.39 is 0 Å². The fourth-order valence-electron chi connectivity index (χ4n) is 1.17. The van der Waals surface area contributed by atoms with Crippen molar-refractivity contribution in [1.82, 2.24) is 4.90 Å². The summed E-state index contributed by atoms with van der Waals surface area (Å²) < 4.78 is 0. The van der Waals surface area contributed by atoms with Gasteiger partial charge in [-0.15, -0.1) is 0 Å². The Bertz CT molecular complexity index is 241. The van der Waals surface area contributed by atoms with E-state index in [9.17, 15) is 0 Å². The van der Waals surface area contributed by atoms with E-state index in [0.29, 0.717) is 6.67 Å². The van der Waals surface area contributed by atoms with Crippen LogP contribution in [-0.4, -0.2) is 25.2 Å². The molecule has 2 nitrogen and oxygen atoms in total. The van der Waals surface area contributed by atoms with Crippen LogP contribution in [0.15, 0.2) is 24.3 Å². The number of aryl methyl sites for hydroxylation is 1. The summed E-state index contributed by atoms with van der Waals surface area (Å²) in [5.41, 5.74) is 8.18. The summed E-state index contributed by atoms with van der Waals surface area (Å²) in [4.78, 5) is 2.11. The van der Waals surface area contributed by atoms with E-state index in [1.165, 1.54) is 11.1 Å². The maximum absolute atomic E-state index is 5.49. The van der Waals surface area contributed by atoms with Gasteiger partial charge in [0.1, 0.15) is 0 Å². The van der Waals surface area contributed by atoms with Gasteiger partial charge in [0.05, 0.1) is 0 Å². The maximum atomic E-state index is 5.49. The zero-order chi connectivity index (χ0) is 9.68. The number of likely N-dealkylation sites (N-methyl/N-ethyl adjacent to an activating group) is 1. The van der Waals surface area contributed by atoms with E-state index in [1.54, 1.807) is 0 Å². The van der Waals surface area contributed by atoms with E-state index in [1.807, 2.05) is 7.05 Å². The smallest absolute Gasteiger partial charge is 0.0452 e. The average Bonchev–Trinajstić information content (AvgIpc) is 2.16. The lowest BCUT2D eigenvalue weighted by molar-refractivity contribution is 0.349. The lowest BCUT2D eigenvalue weighted by Crippen LogP contribution is -2.27. The number of nitrogens with two attached hydrogens (primary N) is 1. The van der Waals surface area contributed by atoms with Crippen molar-refractivity contribution in [2.45, 2.75) is 13.3 Å². The highest BCUT2D eigenvalue weighted by atomic mass is 15.1. The van der Waals surface area contributed by atoms with Crippen LogP contribution in [0, 0.1) is 6.92 Å². The van der Waals surface area contributed by atoms with E-state index in [4.69, 9.17) is 5.73 Å². The number of benzene rings is 1. The summed E-state index contributed by atoms with van der Waals surface area (Å²) in [7, 11) is 2.04. The molecule has 0 saturated carbocycles. The van der Waals surface area contributed by atoms with Crippen molar-refractivity contribution in [3.63, 3.8) is 0 Å². The Balaban J connectivity index is 2.41. The maximum Gasteiger partial charge on any atom is 0.0452 e. The molecule has 1 aromatic carbocycles. The lowest BCUT2D eigenvalue weighted by atomic mass is 10.1. The van der Waals surface area contributed by atoms with Crippen molar-refractivity contribution in [3.8, 4) is 0 Å². The van der Waals surface area contributed by atoms with Gasteiger partial charge < -0.3 is 5.73 Å². The van der Waals surface area contributed by atoms with E-state index in [0.717, 1.165) is 13.0 Å². The van der Waals surface area contributed by atoms with Crippen LogP contribution < -0.4 is 5.73 Å². The normalized spacial score (nSPS) is 10.8. The van der Waals surface area contributed by atoms with Crippen LogP contribution in [0.1, 0.15) is 11.1 Å². The Morgan fingerprint density at radius 1 is 1.23 bits per heavy atom. The first-order chi connectivity index (χ1) is 6.22. The third-order valence-corrected chi connectivity index (χ3v) is 2.21. The van der Waals surface area contributed by atoms with Gasteiger partial charge in [-0.3, -0.25) is 4.90 Å². The number of nitrogens with zero attached hydrogens (tertiary/aromatic N) is 1. The summed E-state index contributed by atoms with van der Waals surface area (Å²) in [6.07, 6.45) is 1.08. The van der Waals surface area contributed by atoms with Gasteiger partial charge in [0.2, 0.25) is 0 Å². The molecule has 0 amide bonds. The minimum Gasteiger partial charge on any atom is -0.318 e. The highest BCUT2D eigenvalue weighted by Crippen LogP contribution is 2.03. The minimum atomic E-state index is 0.631. The first-order valence-electron chi connectivity index (χ1n) is 4.66. The molecule has 72 valence electrons. The summed E-state index contributed by atoms with van der Waals surface area (Å²) >= 11 is 0. The molecular weight excluding hydrogens is 160 g/mol. The van der Waals surface area contributed by atoms with Crippen LogP contribution in [0.3, 0.4) is 0 Å². The molecule has 0 bridgehead atoms. The minimum absolute atomic E-state index is 0.631. The zero-order valence-corrected chi connectivity index (χ0v) is 8.46.